The van der Waals surface area contributed by atoms with E-state index in [0.717, 1.165) is 5.56 Å². The average molecular weight is 326 g/mol. The summed E-state index contributed by atoms with van der Waals surface area (Å²) in [5, 5.41) is 7.47. The molecule has 3 aromatic rings. The largest absolute Gasteiger partial charge is 0.459 e. The van der Waals surface area contributed by atoms with Crippen LogP contribution in [0.25, 0.3) is 0 Å². The van der Waals surface area contributed by atoms with Crippen molar-refractivity contribution in [3.63, 3.8) is 0 Å². The fourth-order valence-electron chi connectivity index (χ4n) is 2.04. The summed E-state index contributed by atoms with van der Waals surface area (Å²) in [6.07, 6.45) is 1.45. The highest BCUT2D eigenvalue weighted by molar-refractivity contribution is 7.12. The van der Waals surface area contributed by atoms with Gasteiger partial charge in [-0.15, -0.1) is 11.3 Å². The topological polar surface area (TPSA) is 71.3 Å². The highest BCUT2D eigenvalue weighted by Crippen LogP contribution is 2.13. The van der Waals surface area contributed by atoms with Crippen molar-refractivity contribution in [3.05, 3.63) is 76.4 Å². The van der Waals surface area contributed by atoms with Crippen LogP contribution < -0.4 is 10.6 Å². The summed E-state index contributed by atoms with van der Waals surface area (Å²) >= 11 is 1.40. The minimum atomic E-state index is -0.310. The van der Waals surface area contributed by atoms with Crippen LogP contribution >= 0.6 is 11.3 Å². The van der Waals surface area contributed by atoms with Gasteiger partial charge in [0.15, 0.2) is 5.76 Å². The summed E-state index contributed by atoms with van der Waals surface area (Å²) < 4.78 is 5.05. The molecule has 116 valence electrons. The molecule has 2 heterocycles. The normalized spacial score (nSPS) is 10.3. The molecule has 0 aliphatic carbocycles. The molecule has 2 N–H and O–H groups in total. The molecule has 3 rings (SSSR count). The average Bonchev–Trinajstić information content (AvgIpc) is 3.25. The van der Waals surface area contributed by atoms with Gasteiger partial charge in [-0.05, 0) is 41.3 Å². The Labute approximate surface area is 136 Å². The van der Waals surface area contributed by atoms with Gasteiger partial charge in [-0.3, -0.25) is 9.59 Å². The number of carbonyl (C=O) groups is 2. The third-order valence-corrected chi connectivity index (χ3v) is 4.00. The van der Waals surface area contributed by atoms with Crippen LogP contribution in [0.1, 0.15) is 25.8 Å². The van der Waals surface area contributed by atoms with Crippen molar-refractivity contribution in [3.8, 4) is 0 Å². The lowest BCUT2D eigenvalue weighted by molar-refractivity contribution is 0.0953. The molecule has 0 fully saturated rings. The molecule has 0 bridgehead atoms. The van der Waals surface area contributed by atoms with E-state index in [1.165, 1.54) is 17.6 Å². The minimum Gasteiger partial charge on any atom is -0.459 e. The fourth-order valence-corrected chi connectivity index (χ4v) is 2.68. The Kier molecular flexibility index (Phi) is 4.54. The maximum Gasteiger partial charge on any atom is 0.291 e. The number of hydrogen-bond acceptors (Lipinski definition) is 4. The number of anilines is 1. The molecule has 2 aromatic heterocycles. The Morgan fingerprint density at radius 1 is 1.04 bits per heavy atom. The highest BCUT2D eigenvalue weighted by Gasteiger charge is 2.09. The van der Waals surface area contributed by atoms with E-state index in [1.54, 1.807) is 24.3 Å². The molecule has 0 radical (unpaired) electrons. The maximum atomic E-state index is 11.9. The molecule has 1 aromatic carbocycles. The molecule has 5 nitrogen and oxygen atoms in total. The van der Waals surface area contributed by atoms with Crippen LogP contribution in [0, 0.1) is 0 Å². The van der Waals surface area contributed by atoms with E-state index >= 15 is 0 Å². The molecule has 23 heavy (non-hydrogen) atoms. The molecular weight excluding hydrogens is 312 g/mol. The van der Waals surface area contributed by atoms with E-state index in [4.69, 9.17) is 4.42 Å². The van der Waals surface area contributed by atoms with Crippen molar-refractivity contribution in [1.29, 1.82) is 0 Å². The number of hydrogen-bond donors (Lipinski definition) is 2. The van der Waals surface area contributed by atoms with Gasteiger partial charge in [0.25, 0.3) is 11.8 Å². The van der Waals surface area contributed by atoms with Gasteiger partial charge in [0.05, 0.1) is 11.1 Å². The Balaban J connectivity index is 1.61. The van der Waals surface area contributed by atoms with Crippen molar-refractivity contribution in [2.24, 2.45) is 0 Å². The predicted octanol–water partition coefficient (Wildman–Crippen LogP) is 3.52. The van der Waals surface area contributed by atoms with Gasteiger partial charge < -0.3 is 15.1 Å². The molecule has 0 aliphatic rings. The number of furan rings is 1. The first-order chi connectivity index (χ1) is 11.2. The van der Waals surface area contributed by atoms with Crippen molar-refractivity contribution in [2.45, 2.75) is 6.54 Å². The van der Waals surface area contributed by atoms with Crippen LogP contribution in [-0.4, -0.2) is 11.8 Å². The SMILES string of the molecule is O=C(Nc1cccc(CNC(=O)c2cccs2)c1)c1ccco1. The maximum absolute atomic E-state index is 11.9. The first-order valence-corrected chi connectivity index (χ1v) is 7.86. The summed E-state index contributed by atoms with van der Waals surface area (Å²) in [5.74, 6) is -0.166. The summed E-state index contributed by atoms with van der Waals surface area (Å²) in [4.78, 5) is 24.5. The van der Waals surface area contributed by atoms with Gasteiger partial charge in [0.2, 0.25) is 0 Å². The molecule has 0 saturated carbocycles. The number of thiophene rings is 1. The number of amides is 2. The van der Waals surface area contributed by atoms with Crippen LogP contribution in [0.4, 0.5) is 5.69 Å². The van der Waals surface area contributed by atoms with E-state index in [1.807, 2.05) is 29.6 Å². The summed E-state index contributed by atoms with van der Waals surface area (Å²) in [6.45, 7) is 0.390. The zero-order chi connectivity index (χ0) is 16.1. The van der Waals surface area contributed by atoms with Crippen LogP contribution in [0.3, 0.4) is 0 Å². The van der Waals surface area contributed by atoms with Crippen molar-refractivity contribution in [1.82, 2.24) is 5.32 Å². The molecule has 6 heteroatoms. The Morgan fingerprint density at radius 2 is 1.96 bits per heavy atom. The lowest BCUT2D eigenvalue weighted by Crippen LogP contribution is -2.21. The standard InChI is InChI=1S/C17H14N2O3S/c20-16(14-6-2-8-22-14)19-13-5-1-4-12(10-13)11-18-17(21)15-7-3-9-23-15/h1-10H,11H2,(H,18,21)(H,19,20). The predicted molar refractivity (Wildman–Crippen MR) is 88.6 cm³/mol. The van der Waals surface area contributed by atoms with E-state index in [0.29, 0.717) is 17.1 Å². The molecule has 0 atom stereocenters. The molecular formula is C17H14N2O3S. The Morgan fingerprint density at radius 3 is 2.70 bits per heavy atom. The number of carbonyl (C=O) groups excluding carboxylic acids is 2. The van der Waals surface area contributed by atoms with E-state index in [9.17, 15) is 9.59 Å². The van der Waals surface area contributed by atoms with Gasteiger partial charge >= 0.3 is 0 Å². The Bertz CT molecular complexity index is 795. The molecule has 2 amide bonds. The van der Waals surface area contributed by atoms with E-state index in [2.05, 4.69) is 10.6 Å². The second kappa shape index (κ2) is 6.93. The van der Waals surface area contributed by atoms with Crippen LogP contribution in [0.15, 0.2) is 64.6 Å². The van der Waals surface area contributed by atoms with Crippen molar-refractivity contribution in [2.75, 3.05) is 5.32 Å². The first-order valence-electron chi connectivity index (χ1n) is 6.98. The fraction of sp³-hybridized carbons (Fsp3) is 0.0588. The Hall–Kier alpha value is -2.86. The van der Waals surface area contributed by atoms with Crippen LogP contribution in [-0.2, 0) is 6.54 Å². The van der Waals surface area contributed by atoms with Gasteiger partial charge in [-0.2, -0.15) is 0 Å². The lowest BCUT2D eigenvalue weighted by atomic mass is 10.2. The summed E-state index contributed by atoms with van der Waals surface area (Å²) in [7, 11) is 0. The van der Waals surface area contributed by atoms with Gasteiger partial charge in [-0.25, -0.2) is 0 Å². The zero-order valence-corrected chi connectivity index (χ0v) is 12.9. The minimum absolute atomic E-state index is 0.106. The second-order valence-corrected chi connectivity index (χ2v) is 5.74. The van der Waals surface area contributed by atoms with Crippen molar-refractivity contribution >= 4 is 28.8 Å². The molecule has 0 saturated heterocycles. The molecule has 0 spiro atoms. The summed E-state index contributed by atoms with van der Waals surface area (Å²) in [6, 6.07) is 14.2. The quantitative estimate of drug-likeness (QED) is 0.753. The summed E-state index contributed by atoms with van der Waals surface area (Å²) in [5.41, 5.74) is 1.54. The smallest absolute Gasteiger partial charge is 0.291 e. The molecule has 0 unspecified atom stereocenters. The number of nitrogens with one attached hydrogen (secondary N) is 2. The third-order valence-electron chi connectivity index (χ3n) is 3.13. The highest BCUT2D eigenvalue weighted by atomic mass is 32.1. The van der Waals surface area contributed by atoms with Crippen LogP contribution in [0.5, 0.6) is 0 Å². The number of rotatable bonds is 5. The van der Waals surface area contributed by atoms with Gasteiger partial charge in [0.1, 0.15) is 0 Å². The second-order valence-electron chi connectivity index (χ2n) is 4.79. The van der Waals surface area contributed by atoms with Gasteiger partial charge in [0, 0.05) is 12.2 Å². The molecule has 0 aliphatic heterocycles. The van der Waals surface area contributed by atoms with Crippen molar-refractivity contribution < 1.29 is 14.0 Å². The monoisotopic (exact) mass is 326 g/mol. The van der Waals surface area contributed by atoms with Gasteiger partial charge in [-0.1, -0.05) is 18.2 Å². The van der Waals surface area contributed by atoms with E-state index < -0.39 is 0 Å². The van der Waals surface area contributed by atoms with E-state index in [-0.39, 0.29) is 17.6 Å². The van der Waals surface area contributed by atoms with Crippen LogP contribution in [0.2, 0.25) is 0 Å². The third kappa shape index (κ3) is 3.87. The number of benzene rings is 1. The lowest BCUT2D eigenvalue weighted by Gasteiger charge is -2.07. The first kappa shape index (κ1) is 15.1. The zero-order valence-electron chi connectivity index (χ0n) is 12.1.